The van der Waals surface area contributed by atoms with Gasteiger partial charge < -0.3 is 41.6 Å². The van der Waals surface area contributed by atoms with Gasteiger partial charge in [0, 0.05) is 31.7 Å². The van der Waals surface area contributed by atoms with Crippen molar-refractivity contribution in [1.29, 1.82) is 0 Å². The molecule has 2 saturated carbocycles. The van der Waals surface area contributed by atoms with Crippen LogP contribution in [0.3, 0.4) is 0 Å². The number of Topliss-reactive ketones (excluding diaryl/α,β-unsaturated/α-hetero) is 1. The summed E-state index contributed by atoms with van der Waals surface area (Å²) in [7, 11) is 2.84. The summed E-state index contributed by atoms with van der Waals surface area (Å²) in [5, 5.41) is 2.35. The molecule has 2 aliphatic heterocycles. The van der Waals surface area contributed by atoms with E-state index in [-0.39, 0.29) is 60.5 Å². The fourth-order valence-corrected chi connectivity index (χ4v) is 10.8. The molecular weight excluding hydrogens is 904 g/mol. The highest BCUT2D eigenvalue weighted by Crippen LogP contribution is 2.48. The van der Waals surface area contributed by atoms with E-state index in [4.69, 9.17) is 18.9 Å². The van der Waals surface area contributed by atoms with E-state index in [0.29, 0.717) is 54.9 Å². The maximum Gasteiger partial charge on any atom is 0.337 e. The molecule has 378 valence electrons. The zero-order valence-corrected chi connectivity index (χ0v) is 42.9. The molecule has 3 atom stereocenters. The van der Waals surface area contributed by atoms with Crippen LogP contribution in [0.1, 0.15) is 147 Å². The molecule has 2 N–H and O–H groups in total. The Morgan fingerprint density at radius 2 is 1.09 bits per heavy atom. The molecule has 1 unspecified atom stereocenters. The average Bonchev–Trinajstić information content (AvgIpc) is 4.04. The number of esters is 4. The number of piperidine rings is 2. The number of ether oxygens (including phenoxy) is 4. The van der Waals surface area contributed by atoms with Gasteiger partial charge in [0.1, 0.15) is 19.0 Å². The van der Waals surface area contributed by atoms with Crippen LogP contribution in [0.2, 0.25) is 0 Å². The fraction of sp³-hybridized carbons (Fsp3) is 0.500. The van der Waals surface area contributed by atoms with Crippen molar-refractivity contribution in [3.8, 4) is 0 Å². The lowest BCUT2D eigenvalue weighted by Gasteiger charge is -2.38. The lowest BCUT2D eigenvalue weighted by molar-refractivity contribution is -0.663. The topological polar surface area (TPSA) is 142 Å². The highest BCUT2D eigenvalue weighted by molar-refractivity contribution is 5.91. The molecule has 11 nitrogen and oxygen atoms in total. The molecular formula is C58H75ClN2O9. The van der Waals surface area contributed by atoms with Crippen LogP contribution in [0.25, 0.3) is 0 Å². The number of hydrogen-bond acceptors (Lipinski definition) is 10. The molecule has 70 heavy (non-hydrogen) atoms. The number of halogens is 1. The van der Waals surface area contributed by atoms with Crippen LogP contribution in [0.4, 0.5) is 0 Å². The van der Waals surface area contributed by atoms with Crippen LogP contribution in [0.15, 0.2) is 109 Å². The van der Waals surface area contributed by atoms with Crippen molar-refractivity contribution in [2.45, 2.75) is 123 Å². The van der Waals surface area contributed by atoms with Crippen molar-refractivity contribution in [3.63, 3.8) is 0 Å². The Hall–Kier alpha value is -5.36. The van der Waals surface area contributed by atoms with Crippen LogP contribution in [0, 0.1) is 22.7 Å². The summed E-state index contributed by atoms with van der Waals surface area (Å²) < 4.78 is 20.9. The number of likely N-dealkylation sites (tertiary alicyclic amines) is 1. The SMILES string of the molecule is CC(C)[C@]1(C(=O)OCc2ccccc2)CCC(=O)C1.COC(=O)c1cccc(C2CCN(C3CC[C@@](C(=O)OCc4ccccc4)(C(C)C)C3)CC2)c1.COC(=O)c1cccc(C2CC[NH2+]CC2)c1.[Cl-]. The number of methoxy groups -OCH3 is 2. The van der Waals surface area contributed by atoms with Crippen LogP contribution in [-0.2, 0) is 46.5 Å². The van der Waals surface area contributed by atoms with Gasteiger partial charge in [-0.1, -0.05) is 113 Å². The van der Waals surface area contributed by atoms with Crippen molar-refractivity contribution < 1.29 is 60.6 Å². The minimum Gasteiger partial charge on any atom is -1.00 e. The van der Waals surface area contributed by atoms with Crippen LogP contribution < -0.4 is 17.7 Å². The van der Waals surface area contributed by atoms with E-state index in [2.05, 4.69) is 36.2 Å². The summed E-state index contributed by atoms with van der Waals surface area (Å²) in [5.41, 5.74) is 4.77. The Morgan fingerprint density at radius 1 is 0.614 bits per heavy atom. The minimum atomic E-state index is -0.605. The predicted octanol–water partition coefficient (Wildman–Crippen LogP) is 6.63. The maximum atomic E-state index is 13.3. The van der Waals surface area contributed by atoms with Gasteiger partial charge in [0.05, 0.1) is 49.3 Å². The van der Waals surface area contributed by atoms with E-state index < -0.39 is 10.8 Å². The minimum absolute atomic E-state index is 0. The van der Waals surface area contributed by atoms with E-state index in [1.807, 2.05) is 111 Å². The Morgan fingerprint density at radius 3 is 1.53 bits per heavy atom. The van der Waals surface area contributed by atoms with E-state index >= 15 is 0 Å². The number of hydrogen-bond donors (Lipinski definition) is 1. The molecule has 0 bridgehead atoms. The first-order valence-corrected chi connectivity index (χ1v) is 25.1. The van der Waals surface area contributed by atoms with Gasteiger partial charge in [-0.2, -0.15) is 0 Å². The van der Waals surface area contributed by atoms with E-state index in [1.165, 1.54) is 51.3 Å². The monoisotopic (exact) mass is 979 g/mol. The molecule has 12 heteroatoms. The van der Waals surface area contributed by atoms with Gasteiger partial charge in [0.15, 0.2) is 0 Å². The molecule has 2 saturated heterocycles. The molecule has 0 amide bonds. The number of carbonyl (C=O) groups is 5. The lowest BCUT2D eigenvalue weighted by atomic mass is 9.75. The first-order valence-electron chi connectivity index (χ1n) is 25.1. The Balaban J connectivity index is 0.000000214. The second-order valence-electron chi connectivity index (χ2n) is 20.0. The Bertz CT molecular complexity index is 2310. The number of nitrogens with two attached hydrogens (primary N) is 1. The summed E-state index contributed by atoms with van der Waals surface area (Å²) in [5.74, 6) is 0.814. The number of benzene rings is 4. The molecule has 0 aromatic heterocycles. The summed E-state index contributed by atoms with van der Waals surface area (Å²) >= 11 is 0. The van der Waals surface area contributed by atoms with Crippen LogP contribution >= 0.6 is 0 Å². The average molecular weight is 980 g/mol. The summed E-state index contributed by atoms with van der Waals surface area (Å²) in [6.07, 6.45) is 8.79. The second kappa shape index (κ2) is 26.7. The Labute approximate surface area is 422 Å². The van der Waals surface area contributed by atoms with Gasteiger partial charge in [-0.3, -0.25) is 14.4 Å². The van der Waals surface area contributed by atoms with Gasteiger partial charge >= 0.3 is 23.9 Å². The number of ketones is 1. The van der Waals surface area contributed by atoms with Crippen LogP contribution in [-0.4, -0.2) is 81.0 Å². The number of carbonyl (C=O) groups excluding carboxylic acids is 5. The predicted molar refractivity (Wildman–Crippen MR) is 266 cm³/mol. The zero-order chi connectivity index (χ0) is 49.4. The smallest absolute Gasteiger partial charge is 0.337 e. The third-order valence-electron chi connectivity index (χ3n) is 15.4. The molecule has 2 heterocycles. The Kier molecular flexibility index (Phi) is 21.2. The fourth-order valence-electron chi connectivity index (χ4n) is 10.8. The summed E-state index contributed by atoms with van der Waals surface area (Å²) in [4.78, 5) is 63.1. The van der Waals surface area contributed by atoms with E-state index in [9.17, 15) is 24.0 Å². The molecule has 8 rings (SSSR count). The highest BCUT2D eigenvalue weighted by atomic mass is 35.5. The molecule has 2 aliphatic carbocycles. The molecule has 4 aromatic rings. The van der Waals surface area contributed by atoms with E-state index in [0.717, 1.165) is 56.3 Å². The highest BCUT2D eigenvalue weighted by Gasteiger charge is 2.51. The third kappa shape index (κ3) is 14.4. The van der Waals surface area contributed by atoms with Gasteiger partial charge in [-0.25, -0.2) is 9.59 Å². The van der Waals surface area contributed by atoms with Crippen molar-refractivity contribution in [2.75, 3.05) is 40.4 Å². The largest absolute Gasteiger partial charge is 1.00 e. The molecule has 4 aliphatic rings. The van der Waals surface area contributed by atoms with Crippen molar-refractivity contribution >= 4 is 29.7 Å². The van der Waals surface area contributed by atoms with Gasteiger partial charge in [0.25, 0.3) is 0 Å². The molecule has 0 spiro atoms. The van der Waals surface area contributed by atoms with Crippen molar-refractivity contribution in [3.05, 3.63) is 143 Å². The number of rotatable bonds is 13. The molecule has 4 fully saturated rings. The quantitative estimate of drug-likeness (QED) is 0.115. The van der Waals surface area contributed by atoms with Crippen molar-refractivity contribution in [1.82, 2.24) is 4.90 Å². The van der Waals surface area contributed by atoms with Crippen LogP contribution in [0.5, 0.6) is 0 Å². The number of nitrogens with zero attached hydrogens (tertiary/aromatic N) is 1. The molecule has 0 radical (unpaired) electrons. The zero-order valence-electron chi connectivity index (χ0n) is 42.2. The first kappa shape index (κ1) is 55.6. The van der Waals surface area contributed by atoms with Crippen molar-refractivity contribution in [2.24, 2.45) is 22.7 Å². The second-order valence-corrected chi connectivity index (χ2v) is 20.0. The maximum absolute atomic E-state index is 13.3. The first-order chi connectivity index (χ1) is 33.3. The standard InChI is InChI=1S/C29H37NO4.C16H20O3.C13H17NO2.ClH/c1-21(2)29(28(32)34-20-22-8-5-4-6-9-22)15-12-26(19-29)30-16-13-23(14-17-30)24-10-7-11-25(18-24)27(31)33-3;1-12(2)16(9-8-14(17)10-16)15(18)19-11-13-6-4-3-5-7-13;1-16-13(15)12-4-2-3-11(9-12)10-5-7-14-8-6-10;/h4-11,18,21,23,26H,12-17,19-20H2,1-3H3;3-7,12H,8-11H2,1-2H3;2-4,9-10,14H,5-8H2,1H3;1H/t26?,29-;16-;;/m00../s1. The van der Waals surface area contributed by atoms with Gasteiger partial charge in [0.2, 0.25) is 0 Å². The van der Waals surface area contributed by atoms with E-state index in [1.54, 1.807) is 0 Å². The number of quaternary nitrogens is 1. The van der Waals surface area contributed by atoms with Gasteiger partial charge in [-0.05, 0) is 122 Å². The van der Waals surface area contributed by atoms with Gasteiger partial charge in [-0.15, -0.1) is 0 Å². The molecule has 4 aromatic carbocycles. The lowest BCUT2D eigenvalue weighted by Crippen LogP contribution is -3.00. The third-order valence-corrected chi connectivity index (χ3v) is 15.4. The summed E-state index contributed by atoms with van der Waals surface area (Å²) in [6.45, 7) is 13.3. The summed E-state index contributed by atoms with van der Waals surface area (Å²) in [6, 6.07) is 35.7. The normalized spacial score (nSPS) is 21.6.